The van der Waals surface area contributed by atoms with E-state index in [-0.39, 0.29) is 30.8 Å². The van der Waals surface area contributed by atoms with Gasteiger partial charge in [0.2, 0.25) is 0 Å². The fraction of sp³-hybridized carbons (Fsp3) is 0.438. The van der Waals surface area contributed by atoms with Crippen molar-refractivity contribution in [1.29, 1.82) is 5.26 Å². The summed E-state index contributed by atoms with van der Waals surface area (Å²) in [7, 11) is 0. The Hall–Kier alpha value is -2.99. The molecule has 1 aliphatic rings. The Morgan fingerprint density at radius 1 is 1.44 bits per heavy atom. The third kappa shape index (κ3) is 3.92. The van der Waals surface area contributed by atoms with Crippen molar-refractivity contribution in [3.05, 3.63) is 35.8 Å². The Morgan fingerprint density at radius 3 is 2.96 bits per heavy atom. The maximum absolute atomic E-state index is 11.8. The van der Waals surface area contributed by atoms with Crippen LogP contribution in [0.25, 0.3) is 0 Å². The second-order valence-electron chi connectivity index (χ2n) is 5.80. The van der Waals surface area contributed by atoms with E-state index in [2.05, 4.69) is 31.6 Å². The summed E-state index contributed by atoms with van der Waals surface area (Å²) >= 11 is 0. The van der Waals surface area contributed by atoms with Crippen LogP contribution < -0.4 is 10.2 Å². The van der Waals surface area contributed by atoms with Crippen molar-refractivity contribution in [3.63, 3.8) is 0 Å². The molecule has 130 valence electrons. The van der Waals surface area contributed by atoms with Gasteiger partial charge in [-0.1, -0.05) is 5.21 Å². The number of hydrogen-bond donors (Lipinski definition) is 2. The van der Waals surface area contributed by atoms with Crippen molar-refractivity contribution in [2.75, 3.05) is 31.1 Å². The molecule has 0 atom stereocenters. The number of hydrogen-bond acceptors (Lipinski definition) is 7. The van der Waals surface area contributed by atoms with E-state index in [1.54, 1.807) is 29.2 Å². The average Bonchev–Trinajstić information content (AvgIpc) is 3.16. The third-order valence-electron chi connectivity index (χ3n) is 4.18. The molecule has 3 heterocycles. The number of nitriles is 1. The van der Waals surface area contributed by atoms with Gasteiger partial charge in [0.15, 0.2) is 5.69 Å². The molecule has 9 heteroatoms. The minimum atomic E-state index is -0.338. The van der Waals surface area contributed by atoms with E-state index in [9.17, 15) is 4.79 Å². The van der Waals surface area contributed by atoms with Crippen LogP contribution in [0.5, 0.6) is 0 Å². The first kappa shape index (κ1) is 16.9. The van der Waals surface area contributed by atoms with Gasteiger partial charge >= 0.3 is 0 Å². The normalized spacial score (nSPS) is 15.0. The number of aliphatic hydroxyl groups is 1. The molecule has 0 aliphatic carbocycles. The van der Waals surface area contributed by atoms with Crippen LogP contribution in [0.15, 0.2) is 24.5 Å². The van der Waals surface area contributed by atoms with Crippen LogP contribution in [0.3, 0.4) is 0 Å². The molecule has 1 saturated heterocycles. The molecule has 0 aromatic carbocycles. The molecule has 0 saturated carbocycles. The van der Waals surface area contributed by atoms with Crippen molar-refractivity contribution < 1.29 is 9.90 Å². The number of anilines is 1. The molecule has 1 aliphatic heterocycles. The summed E-state index contributed by atoms with van der Waals surface area (Å²) < 4.78 is 1.73. The van der Waals surface area contributed by atoms with E-state index < -0.39 is 0 Å². The fourth-order valence-corrected chi connectivity index (χ4v) is 2.84. The first-order chi connectivity index (χ1) is 12.2. The summed E-state index contributed by atoms with van der Waals surface area (Å²) in [4.78, 5) is 18.3. The largest absolute Gasteiger partial charge is 0.395 e. The molecular formula is C16H19N7O2. The first-order valence-corrected chi connectivity index (χ1v) is 8.13. The van der Waals surface area contributed by atoms with Gasteiger partial charge in [0.25, 0.3) is 5.91 Å². The maximum Gasteiger partial charge on any atom is 0.273 e. The van der Waals surface area contributed by atoms with Gasteiger partial charge in [-0.15, -0.1) is 5.10 Å². The van der Waals surface area contributed by atoms with E-state index in [0.29, 0.717) is 5.56 Å². The van der Waals surface area contributed by atoms with E-state index in [1.807, 2.05) is 0 Å². The Bertz CT molecular complexity index is 775. The lowest BCUT2D eigenvalue weighted by Crippen LogP contribution is -2.35. The SMILES string of the molecule is N#Cc1ccnc(N2CCC(n3cc(C(=O)NCCO)nn3)CC2)c1. The summed E-state index contributed by atoms with van der Waals surface area (Å²) in [6, 6.07) is 5.78. The minimum Gasteiger partial charge on any atom is -0.395 e. The van der Waals surface area contributed by atoms with Crippen LogP contribution in [0.4, 0.5) is 5.82 Å². The van der Waals surface area contributed by atoms with Crippen LogP contribution in [0.1, 0.15) is 34.9 Å². The Labute approximate surface area is 144 Å². The number of nitrogens with one attached hydrogen (secondary N) is 1. The number of carbonyl (C=O) groups excluding carboxylic acids is 1. The molecule has 2 N–H and O–H groups in total. The summed E-state index contributed by atoms with van der Waals surface area (Å²) in [5.74, 6) is 0.468. The summed E-state index contributed by atoms with van der Waals surface area (Å²) in [5.41, 5.74) is 0.848. The maximum atomic E-state index is 11.8. The summed E-state index contributed by atoms with van der Waals surface area (Å²) in [5, 5.41) is 28.2. The zero-order valence-corrected chi connectivity index (χ0v) is 13.7. The number of aliphatic hydroxyl groups excluding tert-OH is 1. The molecule has 25 heavy (non-hydrogen) atoms. The average molecular weight is 341 g/mol. The predicted octanol–water partition coefficient (Wildman–Crippen LogP) is 0.108. The Morgan fingerprint density at radius 2 is 2.24 bits per heavy atom. The summed E-state index contributed by atoms with van der Waals surface area (Å²) in [6.07, 6.45) is 4.98. The number of piperidine rings is 1. The van der Waals surface area contributed by atoms with Crippen molar-refractivity contribution in [2.45, 2.75) is 18.9 Å². The van der Waals surface area contributed by atoms with Crippen LogP contribution in [-0.2, 0) is 0 Å². The van der Waals surface area contributed by atoms with Crippen LogP contribution >= 0.6 is 0 Å². The molecule has 1 amide bonds. The fourth-order valence-electron chi connectivity index (χ4n) is 2.84. The van der Waals surface area contributed by atoms with Gasteiger partial charge in [-0.3, -0.25) is 4.79 Å². The highest BCUT2D eigenvalue weighted by Crippen LogP contribution is 2.25. The van der Waals surface area contributed by atoms with Crippen LogP contribution in [0.2, 0.25) is 0 Å². The molecule has 2 aromatic rings. The quantitative estimate of drug-likeness (QED) is 0.792. The van der Waals surface area contributed by atoms with E-state index in [4.69, 9.17) is 10.4 Å². The molecule has 2 aromatic heterocycles. The predicted molar refractivity (Wildman–Crippen MR) is 88.9 cm³/mol. The molecule has 0 unspecified atom stereocenters. The standard InChI is InChI=1S/C16H19N7O2/c17-10-12-1-4-18-15(9-12)22-6-2-13(3-7-22)23-11-14(20-21-23)16(25)19-5-8-24/h1,4,9,11,13,24H,2-3,5-8H2,(H,19,25). The van der Waals surface area contributed by atoms with Crippen LogP contribution in [-0.4, -0.2) is 57.2 Å². The van der Waals surface area contributed by atoms with Gasteiger partial charge in [0.1, 0.15) is 5.82 Å². The number of rotatable bonds is 5. The van der Waals surface area contributed by atoms with Gasteiger partial charge < -0.3 is 15.3 Å². The third-order valence-corrected chi connectivity index (χ3v) is 4.18. The lowest BCUT2D eigenvalue weighted by atomic mass is 10.1. The molecule has 9 nitrogen and oxygen atoms in total. The van der Waals surface area contributed by atoms with E-state index >= 15 is 0 Å². The van der Waals surface area contributed by atoms with Gasteiger partial charge in [0, 0.05) is 25.8 Å². The first-order valence-electron chi connectivity index (χ1n) is 8.13. The molecule has 1 fully saturated rings. The monoisotopic (exact) mass is 341 g/mol. The smallest absolute Gasteiger partial charge is 0.273 e. The Balaban J connectivity index is 1.60. The summed E-state index contributed by atoms with van der Waals surface area (Å²) in [6.45, 7) is 1.66. The van der Waals surface area contributed by atoms with Crippen molar-refractivity contribution in [3.8, 4) is 6.07 Å². The topological polar surface area (TPSA) is 120 Å². The van der Waals surface area contributed by atoms with Gasteiger partial charge in [0.05, 0.1) is 30.5 Å². The highest BCUT2D eigenvalue weighted by Gasteiger charge is 2.23. The van der Waals surface area contributed by atoms with Gasteiger partial charge in [-0.25, -0.2) is 9.67 Å². The second-order valence-corrected chi connectivity index (χ2v) is 5.80. The van der Waals surface area contributed by atoms with Crippen molar-refractivity contribution >= 4 is 11.7 Å². The van der Waals surface area contributed by atoms with E-state index in [1.165, 1.54) is 0 Å². The highest BCUT2D eigenvalue weighted by atomic mass is 16.3. The lowest BCUT2D eigenvalue weighted by Gasteiger charge is -2.32. The Kier molecular flexibility index (Phi) is 5.20. The number of nitrogens with zero attached hydrogens (tertiary/aromatic N) is 6. The molecule has 0 bridgehead atoms. The van der Waals surface area contributed by atoms with Gasteiger partial charge in [-0.05, 0) is 25.0 Å². The number of aromatic nitrogens is 4. The zero-order chi connectivity index (χ0) is 17.6. The molecule has 3 rings (SSSR count). The number of pyridine rings is 1. The second kappa shape index (κ2) is 7.72. The number of carbonyl (C=O) groups is 1. The van der Waals surface area contributed by atoms with Crippen molar-refractivity contribution in [2.24, 2.45) is 0 Å². The highest BCUT2D eigenvalue weighted by molar-refractivity contribution is 5.91. The lowest BCUT2D eigenvalue weighted by molar-refractivity contribution is 0.0939. The molecular weight excluding hydrogens is 322 g/mol. The molecule has 0 spiro atoms. The zero-order valence-electron chi connectivity index (χ0n) is 13.7. The van der Waals surface area contributed by atoms with Crippen molar-refractivity contribution in [1.82, 2.24) is 25.3 Å². The van der Waals surface area contributed by atoms with Gasteiger partial charge in [-0.2, -0.15) is 5.26 Å². The minimum absolute atomic E-state index is 0.112. The van der Waals surface area contributed by atoms with Crippen LogP contribution in [0, 0.1) is 11.3 Å². The molecule has 0 radical (unpaired) electrons. The number of amides is 1. The van der Waals surface area contributed by atoms with E-state index in [0.717, 1.165) is 31.7 Å².